The van der Waals surface area contributed by atoms with E-state index >= 15 is 0 Å². The maximum atomic E-state index is 11.5. The molecule has 2 rings (SSSR count). The summed E-state index contributed by atoms with van der Waals surface area (Å²) in [6.45, 7) is 1.82. The molecule has 1 unspecified atom stereocenters. The Morgan fingerprint density at radius 2 is 1.88 bits per heavy atom. The van der Waals surface area contributed by atoms with Gasteiger partial charge in [-0.15, -0.1) is 0 Å². The number of hydrogen-bond donors (Lipinski definition) is 1. The first-order valence-corrected chi connectivity index (χ1v) is 5.18. The number of carbonyl (C=O) groups excluding carboxylic acids is 2. The lowest BCUT2D eigenvalue weighted by Gasteiger charge is -2.29. The van der Waals surface area contributed by atoms with Crippen LogP contribution < -0.4 is 0 Å². The predicted octanol–water partition coefficient (Wildman–Crippen LogP) is 0.956. The highest BCUT2D eigenvalue weighted by Crippen LogP contribution is 2.51. The van der Waals surface area contributed by atoms with E-state index in [0.29, 0.717) is 0 Å². The Morgan fingerprint density at radius 1 is 1.38 bits per heavy atom. The van der Waals surface area contributed by atoms with Crippen molar-refractivity contribution in [2.75, 3.05) is 0 Å². The largest absolute Gasteiger partial charge is 0.507 e. The summed E-state index contributed by atoms with van der Waals surface area (Å²) in [6.07, 6.45) is -0.578. The van der Waals surface area contributed by atoms with Crippen LogP contribution in [0, 0.1) is 5.41 Å². The van der Waals surface area contributed by atoms with Crippen LogP contribution in [-0.4, -0.2) is 34.2 Å². The number of carbonyl (C=O) groups is 3. The number of amides is 2. The van der Waals surface area contributed by atoms with Gasteiger partial charge in [-0.1, -0.05) is 6.92 Å². The van der Waals surface area contributed by atoms with Crippen molar-refractivity contribution in [3.05, 3.63) is 0 Å². The number of likely N-dealkylation sites (tertiary alicyclic amines) is 1. The van der Waals surface area contributed by atoms with Crippen LogP contribution in [0.1, 0.15) is 32.6 Å². The van der Waals surface area contributed by atoms with Crippen LogP contribution >= 0.6 is 0 Å². The average molecular weight is 227 g/mol. The quantitative estimate of drug-likeness (QED) is 0.573. The van der Waals surface area contributed by atoms with E-state index in [9.17, 15) is 14.4 Å². The molecule has 0 aromatic rings. The van der Waals surface area contributed by atoms with E-state index in [1.54, 1.807) is 0 Å². The molecule has 1 saturated carbocycles. The van der Waals surface area contributed by atoms with E-state index in [1.165, 1.54) is 0 Å². The fourth-order valence-electron chi connectivity index (χ4n) is 1.90. The molecule has 1 aliphatic carbocycles. The second-order valence-electron chi connectivity index (χ2n) is 4.55. The molecule has 2 aliphatic rings. The number of ether oxygens (including phenoxy) is 1. The molecule has 2 fully saturated rings. The Kier molecular flexibility index (Phi) is 2.36. The van der Waals surface area contributed by atoms with E-state index in [1.807, 2.05) is 6.92 Å². The minimum absolute atomic E-state index is 0.147. The van der Waals surface area contributed by atoms with Crippen LogP contribution in [0.3, 0.4) is 0 Å². The summed E-state index contributed by atoms with van der Waals surface area (Å²) in [5, 5.41) is 8.64. The van der Waals surface area contributed by atoms with E-state index in [0.717, 1.165) is 17.7 Å². The van der Waals surface area contributed by atoms with Crippen molar-refractivity contribution in [3.8, 4) is 0 Å². The first-order valence-electron chi connectivity index (χ1n) is 5.18. The molecule has 0 aromatic carbocycles. The highest BCUT2D eigenvalue weighted by molar-refractivity contribution is 6.02. The van der Waals surface area contributed by atoms with E-state index in [-0.39, 0.29) is 24.7 Å². The zero-order valence-corrected chi connectivity index (χ0v) is 8.93. The third kappa shape index (κ3) is 1.75. The molecule has 1 atom stereocenters. The molecule has 2 amide bonds. The van der Waals surface area contributed by atoms with Gasteiger partial charge >= 0.3 is 6.16 Å². The molecule has 0 spiro atoms. The molecule has 6 nitrogen and oxygen atoms in total. The van der Waals surface area contributed by atoms with Crippen molar-refractivity contribution in [2.45, 2.75) is 38.8 Å². The molecule has 6 heteroatoms. The van der Waals surface area contributed by atoms with Gasteiger partial charge in [0.15, 0.2) is 6.23 Å². The van der Waals surface area contributed by atoms with Gasteiger partial charge in [0.25, 0.3) is 0 Å². The summed E-state index contributed by atoms with van der Waals surface area (Å²) >= 11 is 0. The molecular weight excluding hydrogens is 214 g/mol. The van der Waals surface area contributed by atoms with E-state index in [2.05, 4.69) is 0 Å². The molecule has 0 radical (unpaired) electrons. The lowest BCUT2D eigenvalue weighted by atomic mass is 10.1. The number of carboxylic acid groups (broad SMARTS) is 1. The number of nitrogens with zero attached hydrogens (tertiary/aromatic N) is 1. The zero-order valence-electron chi connectivity index (χ0n) is 8.93. The van der Waals surface area contributed by atoms with Gasteiger partial charge in [-0.2, -0.15) is 0 Å². The van der Waals surface area contributed by atoms with Gasteiger partial charge in [-0.05, 0) is 12.8 Å². The van der Waals surface area contributed by atoms with Gasteiger partial charge in [0.05, 0.1) is 0 Å². The Morgan fingerprint density at radius 3 is 2.25 bits per heavy atom. The SMILES string of the molecule is CC1(C(OC(=O)O)N2C(=O)CCC2=O)CC1. The molecule has 1 saturated heterocycles. The van der Waals surface area contributed by atoms with Crippen molar-refractivity contribution in [1.29, 1.82) is 0 Å². The van der Waals surface area contributed by atoms with Crippen molar-refractivity contribution < 1.29 is 24.2 Å². The number of imide groups is 1. The Balaban J connectivity index is 2.21. The summed E-state index contributed by atoms with van der Waals surface area (Å²) in [5.41, 5.74) is -0.395. The highest BCUT2D eigenvalue weighted by Gasteiger charge is 2.54. The van der Waals surface area contributed by atoms with Crippen molar-refractivity contribution >= 4 is 18.0 Å². The van der Waals surface area contributed by atoms with Crippen LogP contribution in [-0.2, 0) is 14.3 Å². The summed E-state index contributed by atoms with van der Waals surface area (Å²) in [7, 11) is 0. The maximum absolute atomic E-state index is 11.5. The molecule has 1 heterocycles. The van der Waals surface area contributed by atoms with Gasteiger partial charge in [0, 0.05) is 18.3 Å². The van der Waals surface area contributed by atoms with Crippen LogP contribution in [0.25, 0.3) is 0 Å². The Labute approximate surface area is 92.2 Å². The second-order valence-corrected chi connectivity index (χ2v) is 4.55. The first kappa shape index (κ1) is 10.9. The Bertz CT molecular complexity index is 344. The monoisotopic (exact) mass is 227 g/mol. The van der Waals surface area contributed by atoms with Crippen molar-refractivity contribution in [3.63, 3.8) is 0 Å². The molecule has 1 N–H and O–H groups in total. The smallest absolute Gasteiger partial charge is 0.450 e. The van der Waals surface area contributed by atoms with Gasteiger partial charge in [0.1, 0.15) is 0 Å². The lowest BCUT2D eigenvalue weighted by Crippen LogP contribution is -2.46. The molecule has 16 heavy (non-hydrogen) atoms. The summed E-state index contributed by atoms with van der Waals surface area (Å²) in [5.74, 6) is -0.686. The van der Waals surface area contributed by atoms with E-state index < -0.39 is 17.8 Å². The fraction of sp³-hybridized carbons (Fsp3) is 0.700. The van der Waals surface area contributed by atoms with Gasteiger partial charge in [-0.25, -0.2) is 9.69 Å². The minimum Gasteiger partial charge on any atom is -0.450 e. The van der Waals surface area contributed by atoms with E-state index in [4.69, 9.17) is 9.84 Å². The molecule has 88 valence electrons. The van der Waals surface area contributed by atoms with Crippen LogP contribution in [0.4, 0.5) is 4.79 Å². The van der Waals surface area contributed by atoms with Crippen LogP contribution in [0.15, 0.2) is 0 Å². The molecule has 0 bridgehead atoms. The molecular formula is C10H13NO5. The third-order valence-corrected chi connectivity index (χ3v) is 3.17. The standard InChI is InChI=1S/C10H13NO5/c1-10(4-5-10)8(16-9(14)15)11-6(12)2-3-7(11)13/h8H,2-5H2,1H3,(H,14,15). The fourth-order valence-corrected chi connectivity index (χ4v) is 1.90. The van der Waals surface area contributed by atoms with Gasteiger partial charge in [-0.3, -0.25) is 9.59 Å². The zero-order chi connectivity index (χ0) is 11.9. The van der Waals surface area contributed by atoms with Crippen molar-refractivity contribution in [2.24, 2.45) is 5.41 Å². The summed E-state index contributed by atoms with van der Waals surface area (Å²) in [4.78, 5) is 34.6. The average Bonchev–Trinajstić information content (AvgIpc) is 2.85. The molecule has 0 aromatic heterocycles. The summed E-state index contributed by atoms with van der Waals surface area (Å²) in [6, 6.07) is 0. The first-order chi connectivity index (χ1) is 7.44. The molecule has 1 aliphatic heterocycles. The Hall–Kier alpha value is -1.59. The van der Waals surface area contributed by atoms with Gasteiger partial charge < -0.3 is 9.84 Å². The normalized spacial score (nSPS) is 24.4. The third-order valence-electron chi connectivity index (χ3n) is 3.17. The topological polar surface area (TPSA) is 83.9 Å². The highest BCUT2D eigenvalue weighted by atomic mass is 16.7. The predicted molar refractivity (Wildman–Crippen MR) is 51.3 cm³/mol. The second kappa shape index (κ2) is 3.47. The maximum Gasteiger partial charge on any atom is 0.507 e. The number of rotatable bonds is 3. The lowest BCUT2D eigenvalue weighted by molar-refractivity contribution is -0.155. The number of hydrogen-bond acceptors (Lipinski definition) is 4. The summed E-state index contributed by atoms with van der Waals surface area (Å²) < 4.78 is 4.70. The van der Waals surface area contributed by atoms with Crippen LogP contribution in [0.5, 0.6) is 0 Å². The van der Waals surface area contributed by atoms with Crippen LogP contribution in [0.2, 0.25) is 0 Å². The van der Waals surface area contributed by atoms with Gasteiger partial charge in [0.2, 0.25) is 11.8 Å². The minimum atomic E-state index is -1.45. The van der Waals surface area contributed by atoms with Crippen molar-refractivity contribution in [1.82, 2.24) is 4.90 Å².